The molecule has 0 aliphatic carbocycles. The summed E-state index contributed by atoms with van der Waals surface area (Å²) >= 11 is 5.55. The molecule has 1 aromatic rings. The number of terminal acetylenes is 1. The SMILES string of the molecule is C#CC(=O)c1c(F)cccc1Cl. The quantitative estimate of drug-likeness (QED) is 0.370. The summed E-state index contributed by atoms with van der Waals surface area (Å²) in [5.41, 5.74) is -0.235. The summed E-state index contributed by atoms with van der Waals surface area (Å²) in [5.74, 6) is 0.372. The molecular weight excluding hydrogens is 179 g/mol. The predicted octanol–water partition coefficient (Wildman–Crippen LogP) is 2.30. The zero-order chi connectivity index (χ0) is 9.14. The van der Waals surface area contributed by atoms with Crippen LogP contribution >= 0.6 is 11.6 Å². The fourth-order valence-corrected chi connectivity index (χ4v) is 1.04. The van der Waals surface area contributed by atoms with Crippen LogP contribution in [0.15, 0.2) is 18.2 Å². The Balaban J connectivity index is 3.33. The third-order valence-corrected chi connectivity index (χ3v) is 1.64. The highest BCUT2D eigenvalue weighted by Gasteiger charge is 2.12. The van der Waals surface area contributed by atoms with Crippen molar-refractivity contribution < 1.29 is 9.18 Å². The average Bonchev–Trinajstić information content (AvgIpc) is 2.03. The first-order valence-electron chi connectivity index (χ1n) is 3.11. The van der Waals surface area contributed by atoms with Crippen molar-refractivity contribution in [2.45, 2.75) is 0 Å². The van der Waals surface area contributed by atoms with Gasteiger partial charge in [0, 0.05) is 0 Å². The van der Waals surface area contributed by atoms with E-state index in [-0.39, 0.29) is 10.6 Å². The highest BCUT2D eigenvalue weighted by Crippen LogP contribution is 2.18. The molecule has 0 amide bonds. The maximum absolute atomic E-state index is 12.9. The molecule has 0 saturated heterocycles. The van der Waals surface area contributed by atoms with E-state index in [9.17, 15) is 9.18 Å². The molecule has 0 aliphatic rings. The van der Waals surface area contributed by atoms with Crippen LogP contribution in [0.2, 0.25) is 5.02 Å². The Kier molecular flexibility index (Phi) is 2.47. The van der Waals surface area contributed by atoms with Gasteiger partial charge in [-0.25, -0.2) is 4.39 Å². The number of benzene rings is 1. The summed E-state index contributed by atoms with van der Waals surface area (Å²) in [6.07, 6.45) is 4.82. The molecule has 3 heteroatoms. The van der Waals surface area contributed by atoms with Crippen LogP contribution < -0.4 is 0 Å². The minimum atomic E-state index is -0.738. The first-order valence-corrected chi connectivity index (χ1v) is 3.49. The summed E-state index contributed by atoms with van der Waals surface area (Å²) in [6.45, 7) is 0. The molecule has 0 aromatic heterocycles. The van der Waals surface area contributed by atoms with Crippen molar-refractivity contribution in [3.63, 3.8) is 0 Å². The lowest BCUT2D eigenvalue weighted by atomic mass is 10.1. The normalized spacial score (nSPS) is 9.08. The third kappa shape index (κ3) is 1.46. The van der Waals surface area contributed by atoms with Crippen molar-refractivity contribution in [1.29, 1.82) is 0 Å². The first-order chi connectivity index (χ1) is 5.66. The zero-order valence-corrected chi connectivity index (χ0v) is 6.73. The third-order valence-electron chi connectivity index (χ3n) is 1.32. The van der Waals surface area contributed by atoms with Gasteiger partial charge in [-0.15, -0.1) is 6.42 Å². The van der Waals surface area contributed by atoms with Gasteiger partial charge in [0.25, 0.3) is 0 Å². The van der Waals surface area contributed by atoms with Gasteiger partial charge in [-0.2, -0.15) is 0 Å². The number of hydrogen-bond donors (Lipinski definition) is 0. The van der Waals surface area contributed by atoms with E-state index in [1.54, 1.807) is 5.92 Å². The van der Waals surface area contributed by atoms with Gasteiger partial charge < -0.3 is 0 Å². The second kappa shape index (κ2) is 3.38. The van der Waals surface area contributed by atoms with Gasteiger partial charge in [0.2, 0.25) is 5.78 Å². The first kappa shape index (κ1) is 8.76. The van der Waals surface area contributed by atoms with Crippen LogP contribution in [0.1, 0.15) is 10.4 Å². The van der Waals surface area contributed by atoms with E-state index in [1.807, 2.05) is 0 Å². The maximum atomic E-state index is 12.9. The molecule has 0 N–H and O–H groups in total. The molecule has 0 atom stereocenters. The Bertz CT molecular complexity index is 345. The van der Waals surface area contributed by atoms with Crippen LogP contribution in [-0.2, 0) is 0 Å². The zero-order valence-electron chi connectivity index (χ0n) is 5.97. The molecule has 60 valence electrons. The number of rotatable bonds is 1. The molecule has 0 unspecified atom stereocenters. The van der Waals surface area contributed by atoms with Crippen molar-refractivity contribution >= 4 is 17.4 Å². The van der Waals surface area contributed by atoms with E-state index in [1.165, 1.54) is 12.1 Å². The van der Waals surface area contributed by atoms with Gasteiger partial charge in [0.1, 0.15) is 5.82 Å². The van der Waals surface area contributed by atoms with E-state index in [4.69, 9.17) is 18.0 Å². The summed E-state index contributed by atoms with van der Waals surface area (Å²) < 4.78 is 12.9. The molecule has 0 saturated carbocycles. The van der Waals surface area contributed by atoms with Gasteiger partial charge in [-0.1, -0.05) is 17.7 Å². The van der Waals surface area contributed by atoms with E-state index >= 15 is 0 Å². The summed E-state index contributed by atoms with van der Waals surface area (Å²) in [7, 11) is 0. The predicted molar refractivity (Wildman–Crippen MR) is 44.6 cm³/mol. The van der Waals surface area contributed by atoms with E-state index in [0.29, 0.717) is 0 Å². The second-order valence-corrected chi connectivity index (χ2v) is 2.48. The molecular formula is C9H4ClFO. The molecule has 1 nitrogen and oxygen atoms in total. The number of hydrogen-bond acceptors (Lipinski definition) is 1. The molecule has 1 rings (SSSR count). The second-order valence-electron chi connectivity index (χ2n) is 2.07. The summed E-state index contributed by atoms with van der Waals surface area (Å²) in [5, 5.41) is 0.0398. The molecule has 12 heavy (non-hydrogen) atoms. The number of carbonyl (C=O) groups is 1. The Hall–Kier alpha value is -1.33. The van der Waals surface area contributed by atoms with Crippen LogP contribution in [0.5, 0.6) is 0 Å². The Labute approximate surface area is 74.2 Å². The molecule has 0 fully saturated rings. The summed E-state index contributed by atoms with van der Waals surface area (Å²) in [4.78, 5) is 10.9. The van der Waals surface area contributed by atoms with Gasteiger partial charge in [0.05, 0.1) is 10.6 Å². The smallest absolute Gasteiger partial charge is 0.240 e. The van der Waals surface area contributed by atoms with Crippen LogP contribution in [0.25, 0.3) is 0 Å². The molecule has 0 radical (unpaired) electrons. The topological polar surface area (TPSA) is 17.1 Å². The standard InChI is InChI=1S/C9H4ClFO/c1-2-8(12)9-6(10)4-3-5-7(9)11/h1,3-5H. The number of carbonyl (C=O) groups excluding carboxylic acids is 1. The Morgan fingerprint density at radius 2 is 2.25 bits per heavy atom. The Morgan fingerprint density at radius 1 is 1.58 bits per heavy atom. The van der Waals surface area contributed by atoms with Gasteiger partial charge >= 0.3 is 0 Å². The molecule has 1 aromatic carbocycles. The lowest BCUT2D eigenvalue weighted by Gasteiger charge is -1.98. The highest BCUT2D eigenvalue weighted by atomic mass is 35.5. The largest absolute Gasteiger partial charge is 0.279 e. The summed E-state index contributed by atoms with van der Waals surface area (Å²) in [6, 6.07) is 3.95. The van der Waals surface area contributed by atoms with Crippen LogP contribution in [0.3, 0.4) is 0 Å². The molecule has 0 spiro atoms. The fourth-order valence-electron chi connectivity index (χ4n) is 0.787. The van der Waals surface area contributed by atoms with Crippen LogP contribution in [-0.4, -0.2) is 5.78 Å². The van der Waals surface area contributed by atoms with Crippen molar-refractivity contribution in [3.8, 4) is 12.3 Å². The number of halogens is 2. The Morgan fingerprint density at radius 3 is 2.75 bits per heavy atom. The monoisotopic (exact) mass is 182 g/mol. The van der Waals surface area contributed by atoms with Crippen molar-refractivity contribution in [1.82, 2.24) is 0 Å². The van der Waals surface area contributed by atoms with E-state index < -0.39 is 11.6 Å². The van der Waals surface area contributed by atoms with Gasteiger partial charge in [-0.05, 0) is 18.1 Å². The minimum Gasteiger partial charge on any atom is -0.279 e. The van der Waals surface area contributed by atoms with Crippen LogP contribution in [0, 0.1) is 18.2 Å². The van der Waals surface area contributed by atoms with Gasteiger partial charge in [-0.3, -0.25) is 4.79 Å². The minimum absolute atomic E-state index is 0.0398. The maximum Gasteiger partial charge on any atom is 0.240 e. The van der Waals surface area contributed by atoms with Crippen molar-refractivity contribution in [2.24, 2.45) is 0 Å². The molecule has 0 bridgehead atoms. The van der Waals surface area contributed by atoms with Gasteiger partial charge in [0.15, 0.2) is 0 Å². The number of Topliss-reactive ketones (excluding diaryl/α,β-unsaturated/α-hetero) is 1. The van der Waals surface area contributed by atoms with Crippen molar-refractivity contribution in [2.75, 3.05) is 0 Å². The lowest BCUT2D eigenvalue weighted by Crippen LogP contribution is -1.99. The molecule has 0 aliphatic heterocycles. The van der Waals surface area contributed by atoms with E-state index in [0.717, 1.165) is 6.07 Å². The number of ketones is 1. The van der Waals surface area contributed by atoms with Crippen LogP contribution in [0.4, 0.5) is 4.39 Å². The highest BCUT2D eigenvalue weighted by molar-refractivity contribution is 6.35. The van der Waals surface area contributed by atoms with E-state index in [2.05, 4.69) is 0 Å². The lowest BCUT2D eigenvalue weighted by molar-refractivity contribution is 0.105. The fraction of sp³-hybridized carbons (Fsp3) is 0. The average molecular weight is 183 g/mol. The molecule has 0 heterocycles. The van der Waals surface area contributed by atoms with Crippen molar-refractivity contribution in [3.05, 3.63) is 34.6 Å².